The van der Waals surface area contributed by atoms with Gasteiger partial charge in [-0.25, -0.2) is 0 Å². The molecule has 0 radical (unpaired) electrons. The molecule has 84 valence electrons. The molecule has 2 nitrogen and oxygen atoms in total. The Balaban J connectivity index is 1.96. The lowest BCUT2D eigenvalue weighted by atomic mass is 9.90. The summed E-state index contributed by atoms with van der Waals surface area (Å²) in [7, 11) is 0. The van der Waals surface area contributed by atoms with Crippen molar-refractivity contribution in [2.45, 2.75) is 52.0 Å². The molecule has 1 unspecified atom stereocenters. The number of likely N-dealkylation sites (N-methyl/N-ethyl adjacent to an activating group) is 1. The summed E-state index contributed by atoms with van der Waals surface area (Å²) >= 11 is 0. The Kier molecular flexibility index (Phi) is 6.20. The van der Waals surface area contributed by atoms with Crippen LogP contribution in [-0.4, -0.2) is 25.8 Å². The van der Waals surface area contributed by atoms with Crippen LogP contribution in [-0.2, 0) is 4.74 Å². The normalized spacial score (nSPS) is 21.0. The summed E-state index contributed by atoms with van der Waals surface area (Å²) in [6.07, 6.45) is 7.03. The van der Waals surface area contributed by atoms with E-state index in [9.17, 15) is 0 Å². The fourth-order valence-electron chi connectivity index (χ4n) is 2.17. The lowest BCUT2D eigenvalue weighted by Gasteiger charge is -2.22. The largest absolute Gasteiger partial charge is 0.380 e. The van der Waals surface area contributed by atoms with Gasteiger partial charge in [-0.2, -0.15) is 0 Å². The topological polar surface area (TPSA) is 21.3 Å². The van der Waals surface area contributed by atoms with Crippen molar-refractivity contribution in [2.75, 3.05) is 19.8 Å². The van der Waals surface area contributed by atoms with Gasteiger partial charge in [-0.1, -0.05) is 26.2 Å². The van der Waals surface area contributed by atoms with Gasteiger partial charge in [0.15, 0.2) is 0 Å². The van der Waals surface area contributed by atoms with Crippen LogP contribution in [0.3, 0.4) is 0 Å². The summed E-state index contributed by atoms with van der Waals surface area (Å²) in [5.41, 5.74) is 0. The minimum Gasteiger partial charge on any atom is -0.380 e. The molecule has 2 heteroatoms. The maximum absolute atomic E-state index is 5.72. The quantitative estimate of drug-likeness (QED) is 0.710. The molecule has 0 amide bonds. The number of rotatable bonds is 6. The Hall–Kier alpha value is -0.0800. The van der Waals surface area contributed by atoms with E-state index >= 15 is 0 Å². The second-order valence-corrected chi connectivity index (χ2v) is 4.50. The molecule has 1 rings (SSSR count). The van der Waals surface area contributed by atoms with E-state index in [0.29, 0.717) is 6.04 Å². The molecule has 1 saturated carbocycles. The van der Waals surface area contributed by atoms with Gasteiger partial charge in [0.1, 0.15) is 0 Å². The van der Waals surface area contributed by atoms with Crippen LogP contribution >= 0.6 is 0 Å². The van der Waals surface area contributed by atoms with Crippen molar-refractivity contribution in [1.29, 1.82) is 0 Å². The molecule has 0 saturated heterocycles. The van der Waals surface area contributed by atoms with Crippen LogP contribution in [0.4, 0.5) is 0 Å². The van der Waals surface area contributed by atoms with Crippen molar-refractivity contribution in [3.8, 4) is 0 Å². The van der Waals surface area contributed by atoms with Gasteiger partial charge in [-0.3, -0.25) is 0 Å². The average Bonchev–Trinajstić information content (AvgIpc) is 2.20. The van der Waals surface area contributed by atoms with Crippen LogP contribution in [0.1, 0.15) is 46.0 Å². The summed E-state index contributed by atoms with van der Waals surface area (Å²) in [6.45, 7) is 7.20. The summed E-state index contributed by atoms with van der Waals surface area (Å²) < 4.78 is 5.72. The fraction of sp³-hybridized carbons (Fsp3) is 1.00. The van der Waals surface area contributed by atoms with Crippen molar-refractivity contribution < 1.29 is 4.74 Å². The number of nitrogens with one attached hydrogen (secondary N) is 1. The molecule has 1 aliphatic rings. The summed E-state index contributed by atoms with van der Waals surface area (Å²) in [5, 5.41) is 3.36. The van der Waals surface area contributed by atoms with Crippen molar-refractivity contribution >= 4 is 0 Å². The summed E-state index contributed by atoms with van der Waals surface area (Å²) in [6, 6.07) is 0.503. The second kappa shape index (κ2) is 7.24. The molecule has 1 N–H and O–H groups in total. The third-order valence-corrected chi connectivity index (χ3v) is 3.00. The lowest BCUT2D eigenvalue weighted by Crippen LogP contribution is -2.31. The average molecular weight is 199 g/mol. The molecule has 1 aliphatic carbocycles. The van der Waals surface area contributed by atoms with E-state index in [0.717, 1.165) is 25.7 Å². The Morgan fingerprint density at radius 1 is 1.29 bits per heavy atom. The van der Waals surface area contributed by atoms with Crippen molar-refractivity contribution in [3.05, 3.63) is 0 Å². The minimum atomic E-state index is 0.503. The van der Waals surface area contributed by atoms with Gasteiger partial charge < -0.3 is 10.1 Å². The van der Waals surface area contributed by atoms with Gasteiger partial charge in [0.2, 0.25) is 0 Å². The van der Waals surface area contributed by atoms with E-state index in [1.165, 1.54) is 32.1 Å². The number of hydrogen-bond donors (Lipinski definition) is 1. The van der Waals surface area contributed by atoms with Crippen LogP contribution in [0.2, 0.25) is 0 Å². The first-order chi connectivity index (χ1) is 6.83. The van der Waals surface area contributed by atoms with Gasteiger partial charge >= 0.3 is 0 Å². The molecule has 1 fully saturated rings. The molecule has 0 aromatic heterocycles. The molecular formula is C12H25NO. The molecule has 0 aromatic rings. The van der Waals surface area contributed by atoms with Crippen LogP contribution in [0.25, 0.3) is 0 Å². The predicted octanol–water partition coefficient (Wildman–Crippen LogP) is 2.58. The van der Waals surface area contributed by atoms with E-state index in [4.69, 9.17) is 4.74 Å². The zero-order chi connectivity index (χ0) is 10.2. The monoisotopic (exact) mass is 199 g/mol. The van der Waals surface area contributed by atoms with Crippen molar-refractivity contribution in [3.63, 3.8) is 0 Å². The van der Waals surface area contributed by atoms with E-state index in [-0.39, 0.29) is 0 Å². The molecule has 0 spiro atoms. The van der Waals surface area contributed by atoms with Gasteiger partial charge in [0.05, 0.1) is 6.61 Å². The van der Waals surface area contributed by atoms with Crippen LogP contribution in [0, 0.1) is 5.92 Å². The SMILES string of the molecule is CCNC(C)COCC1CCCCC1. The van der Waals surface area contributed by atoms with Gasteiger partial charge in [0, 0.05) is 12.6 Å². The standard InChI is InChI=1S/C12H25NO/c1-3-13-11(2)9-14-10-12-7-5-4-6-8-12/h11-13H,3-10H2,1-2H3. The van der Waals surface area contributed by atoms with Crippen LogP contribution < -0.4 is 5.32 Å². The molecule has 0 aliphatic heterocycles. The van der Waals surface area contributed by atoms with E-state index in [1.54, 1.807) is 0 Å². The predicted molar refractivity (Wildman–Crippen MR) is 60.5 cm³/mol. The Bertz CT molecular complexity index is 132. The van der Waals surface area contributed by atoms with Crippen LogP contribution in [0.15, 0.2) is 0 Å². The third-order valence-electron chi connectivity index (χ3n) is 3.00. The third kappa shape index (κ3) is 4.97. The van der Waals surface area contributed by atoms with E-state index in [1.807, 2.05) is 0 Å². The van der Waals surface area contributed by atoms with Crippen molar-refractivity contribution in [1.82, 2.24) is 5.32 Å². The lowest BCUT2D eigenvalue weighted by molar-refractivity contribution is 0.0728. The maximum atomic E-state index is 5.72. The summed E-state index contributed by atoms with van der Waals surface area (Å²) in [4.78, 5) is 0. The highest BCUT2D eigenvalue weighted by molar-refractivity contribution is 4.65. The van der Waals surface area contributed by atoms with Crippen LogP contribution in [0.5, 0.6) is 0 Å². The minimum absolute atomic E-state index is 0.503. The molecular weight excluding hydrogens is 174 g/mol. The first kappa shape index (κ1) is 12.0. The Morgan fingerprint density at radius 2 is 2.00 bits per heavy atom. The first-order valence-electron chi connectivity index (χ1n) is 6.14. The smallest absolute Gasteiger partial charge is 0.0617 e. The molecule has 0 heterocycles. The first-order valence-corrected chi connectivity index (χ1v) is 6.14. The van der Waals surface area contributed by atoms with E-state index < -0.39 is 0 Å². The highest BCUT2D eigenvalue weighted by atomic mass is 16.5. The Labute approximate surface area is 88.4 Å². The number of hydrogen-bond acceptors (Lipinski definition) is 2. The second-order valence-electron chi connectivity index (χ2n) is 4.50. The molecule has 1 atom stereocenters. The zero-order valence-electron chi connectivity index (χ0n) is 9.72. The van der Waals surface area contributed by atoms with E-state index in [2.05, 4.69) is 19.2 Å². The zero-order valence-corrected chi connectivity index (χ0v) is 9.72. The summed E-state index contributed by atoms with van der Waals surface area (Å²) in [5.74, 6) is 0.845. The molecule has 0 bridgehead atoms. The maximum Gasteiger partial charge on any atom is 0.0617 e. The fourth-order valence-corrected chi connectivity index (χ4v) is 2.17. The van der Waals surface area contributed by atoms with Crippen molar-refractivity contribution in [2.24, 2.45) is 5.92 Å². The molecule has 14 heavy (non-hydrogen) atoms. The number of ether oxygens (including phenoxy) is 1. The Morgan fingerprint density at radius 3 is 2.64 bits per heavy atom. The van der Waals surface area contributed by atoms with Gasteiger partial charge in [-0.05, 0) is 32.2 Å². The van der Waals surface area contributed by atoms with Gasteiger partial charge in [-0.15, -0.1) is 0 Å². The molecule has 0 aromatic carbocycles. The highest BCUT2D eigenvalue weighted by Crippen LogP contribution is 2.23. The van der Waals surface area contributed by atoms with Gasteiger partial charge in [0.25, 0.3) is 0 Å². The highest BCUT2D eigenvalue weighted by Gasteiger charge is 2.13.